The molecule has 4 aromatic carbocycles. The topological polar surface area (TPSA) is 232 Å². The number of carboxylic acids is 2. The summed E-state index contributed by atoms with van der Waals surface area (Å²) in [5.41, 5.74) is 12.6. The zero-order valence-electron chi connectivity index (χ0n) is 43.1. The summed E-state index contributed by atoms with van der Waals surface area (Å²) in [5.74, 6) is -4.64. The fourth-order valence-electron chi connectivity index (χ4n) is 10.5. The quantitative estimate of drug-likeness (QED) is 0.0104. The highest BCUT2D eigenvalue weighted by molar-refractivity contribution is 6.01. The Morgan fingerprint density at radius 1 is 0.493 bits per heavy atom. The number of rotatable bonds is 28. The number of benzene rings is 4. The Morgan fingerprint density at radius 3 is 1.28 bits per heavy atom. The van der Waals surface area contributed by atoms with E-state index in [1.165, 1.54) is 25.0 Å². The molecule has 0 aromatic heterocycles. The predicted octanol–water partition coefficient (Wildman–Crippen LogP) is 11.9. The van der Waals surface area contributed by atoms with E-state index >= 15 is 0 Å². The van der Waals surface area contributed by atoms with Gasteiger partial charge in [0, 0.05) is 35.4 Å². The summed E-state index contributed by atoms with van der Waals surface area (Å²) in [4.78, 5) is 78.2. The van der Waals surface area contributed by atoms with Crippen LogP contribution in [0.25, 0.3) is 12.2 Å². The molecule has 0 aliphatic heterocycles. The van der Waals surface area contributed by atoms with E-state index in [2.05, 4.69) is 0 Å². The van der Waals surface area contributed by atoms with Gasteiger partial charge in [-0.1, -0.05) is 99.9 Å². The molecule has 0 unspecified atom stereocenters. The molecule has 2 aliphatic carbocycles. The lowest BCUT2D eigenvalue weighted by molar-refractivity contribution is -0.172. The third kappa shape index (κ3) is 16.9. The average Bonchev–Trinajstić information content (AvgIpc) is 3.43. The number of unbranched alkanes of at least 4 members (excludes halogenated alkanes) is 6. The van der Waals surface area contributed by atoms with E-state index < -0.39 is 34.7 Å². The number of aliphatic carboxylic acids is 2. The molecule has 0 atom stereocenters. The van der Waals surface area contributed by atoms with Crippen LogP contribution in [0.15, 0.2) is 109 Å². The highest BCUT2D eigenvalue weighted by Gasteiger charge is 2.62. The van der Waals surface area contributed by atoms with Gasteiger partial charge in [0.05, 0.1) is 24.3 Å². The SMILES string of the molecule is Nc1ccc(CC(C(=O)O)(C(=O)O)C(CCCCCCOC(=O)c2ccc(C=CC(=O)OC3CCCCC3)cc2)(CCCCCCOC(=O)c2ccc(C=CC(=O)OC3CCCCC3)cc2)c2ccc(N)cc2)cc1. The number of hydrogen-bond donors (Lipinski definition) is 4. The first-order chi connectivity index (χ1) is 36.3. The largest absolute Gasteiger partial charge is 0.480 e. The fourth-order valence-corrected chi connectivity index (χ4v) is 10.5. The third-order valence-electron chi connectivity index (χ3n) is 14.7. The second kappa shape index (κ2) is 29.0. The molecule has 0 amide bonds. The summed E-state index contributed by atoms with van der Waals surface area (Å²) in [6, 6.07) is 26.9. The lowest BCUT2D eigenvalue weighted by Crippen LogP contribution is -2.57. The Balaban J connectivity index is 1.04. The molecule has 0 bridgehead atoms. The molecular formula is C61H74N2O12. The fraction of sp³-hybridized carbons (Fsp3) is 0.443. The first-order valence-electron chi connectivity index (χ1n) is 26.8. The van der Waals surface area contributed by atoms with Crippen LogP contribution in [0.4, 0.5) is 11.4 Å². The highest BCUT2D eigenvalue weighted by atomic mass is 16.6. The van der Waals surface area contributed by atoms with Gasteiger partial charge in [-0.2, -0.15) is 0 Å². The minimum atomic E-state index is -2.31. The number of nitrogens with two attached hydrogens (primary N) is 2. The first-order valence-corrected chi connectivity index (χ1v) is 26.8. The van der Waals surface area contributed by atoms with Gasteiger partial charge in [-0.3, -0.25) is 9.59 Å². The maximum atomic E-state index is 13.9. The molecule has 0 spiro atoms. The monoisotopic (exact) mass is 1030 g/mol. The van der Waals surface area contributed by atoms with Crippen LogP contribution in [-0.2, 0) is 50.0 Å². The average molecular weight is 1030 g/mol. The lowest BCUT2D eigenvalue weighted by Gasteiger charge is -2.47. The number of ether oxygens (including phenoxy) is 4. The maximum Gasteiger partial charge on any atom is 0.338 e. The van der Waals surface area contributed by atoms with E-state index in [-0.39, 0.29) is 56.6 Å². The minimum absolute atomic E-state index is 0.0325. The molecule has 0 radical (unpaired) electrons. The number of nitrogen functional groups attached to an aromatic ring is 2. The highest BCUT2D eigenvalue weighted by Crippen LogP contribution is 2.52. The standard InChI is InChI=1S/C61H74N2O12/c62-50-33-23-46(24-34-50)43-61(58(68)69,59(70)71)60(49-31-35-51(63)36-32-49,39-11-1-3-13-41-72-56(66)47-27-19-44(20-28-47)25-37-54(64)74-52-15-7-5-8-16-52)40-12-2-4-14-42-73-57(67)48-29-21-45(22-30-48)26-38-55(65)75-53-17-9-6-10-18-53/h19-38,52-53H,1-18,39-43,62-63H2,(H,68,69)(H,70,71). The molecule has 6 rings (SSSR count). The molecule has 14 heteroatoms. The van der Waals surface area contributed by atoms with Crippen molar-refractivity contribution in [1.29, 1.82) is 0 Å². The second-order valence-corrected chi connectivity index (χ2v) is 20.0. The number of esters is 4. The van der Waals surface area contributed by atoms with Crippen molar-refractivity contribution < 1.29 is 57.9 Å². The summed E-state index contributed by atoms with van der Waals surface area (Å²) in [7, 11) is 0. The van der Waals surface area contributed by atoms with Crippen molar-refractivity contribution in [1.82, 2.24) is 0 Å². The first kappa shape index (κ1) is 57.1. The number of hydrogen-bond acceptors (Lipinski definition) is 12. The van der Waals surface area contributed by atoms with Crippen LogP contribution < -0.4 is 11.5 Å². The van der Waals surface area contributed by atoms with E-state index in [1.54, 1.807) is 109 Å². The molecular weight excluding hydrogens is 953 g/mol. The molecule has 6 N–H and O–H groups in total. The Morgan fingerprint density at radius 2 is 0.880 bits per heavy atom. The number of anilines is 2. The van der Waals surface area contributed by atoms with Crippen molar-refractivity contribution in [3.05, 3.63) is 143 Å². The minimum Gasteiger partial charge on any atom is -0.480 e. The van der Waals surface area contributed by atoms with E-state index in [0.717, 1.165) is 62.5 Å². The van der Waals surface area contributed by atoms with Gasteiger partial charge in [0.15, 0.2) is 5.41 Å². The van der Waals surface area contributed by atoms with Crippen molar-refractivity contribution >= 4 is 59.3 Å². The van der Waals surface area contributed by atoms with E-state index in [1.807, 2.05) is 0 Å². The Labute approximate surface area is 440 Å². The Bertz CT molecular complexity index is 2410. The van der Waals surface area contributed by atoms with Crippen LogP contribution in [0, 0.1) is 5.41 Å². The number of carboxylic acid groups (broad SMARTS) is 2. The van der Waals surface area contributed by atoms with Gasteiger partial charge >= 0.3 is 35.8 Å². The molecule has 0 saturated heterocycles. The van der Waals surface area contributed by atoms with Crippen LogP contribution in [0.2, 0.25) is 0 Å². The molecule has 14 nitrogen and oxygen atoms in total. The molecule has 2 fully saturated rings. The van der Waals surface area contributed by atoms with Crippen LogP contribution >= 0.6 is 0 Å². The van der Waals surface area contributed by atoms with Gasteiger partial charge in [-0.05, 0) is 160 Å². The van der Waals surface area contributed by atoms with Crippen molar-refractivity contribution in [2.75, 3.05) is 24.7 Å². The van der Waals surface area contributed by atoms with Gasteiger partial charge < -0.3 is 40.6 Å². The zero-order valence-corrected chi connectivity index (χ0v) is 43.1. The van der Waals surface area contributed by atoms with E-state index in [4.69, 9.17) is 30.4 Å². The summed E-state index contributed by atoms with van der Waals surface area (Å²) >= 11 is 0. The molecule has 4 aromatic rings. The van der Waals surface area contributed by atoms with Crippen LogP contribution in [0.5, 0.6) is 0 Å². The second-order valence-electron chi connectivity index (χ2n) is 20.0. The van der Waals surface area contributed by atoms with Crippen molar-refractivity contribution in [2.24, 2.45) is 5.41 Å². The third-order valence-corrected chi connectivity index (χ3v) is 14.7. The van der Waals surface area contributed by atoms with Crippen molar-refractivity contribution in [2.45, 2.75) is 152 Å². The van der Waals surface area contributed by atoms with Crippen LogP contribution in [-0.4, -0.2) is 71.5 Å². The lowest BCUT2D eigenvalue weighted by atomic mass is 9.53. The van der Waals surface area contributed by atoms with Gasteiger partial charge in [-0.15, -0.1) is 0 Å². The van der Waals surface area contributed by atoms with E-state index in [9.17, 15) is 39.0 Å². The summed E-state index contributed by atoms with van der Waals surface area (Å²) in [6.45, 7) is 0.307. The Hall–Kier alpha value is -7.22. The van der Waals surface area contributed by atoms with Gasteiger partial charge in [0.25, 0.3) is 0 Å². The molecule has 0 heterocycles. The summed E-state index contributed by atoms with van der Waals surface area (Å²) in [5, 5.41) is 22.5. The maximum absolute atomic E-state index is 13.9. The Kier molecular flexibility index (Phi) is 22.1. The van der Waals surface area contributed by atoms with Crippen molar-refractivity contribution in [3.8, 4) is 0 Å². The van der Waals surface area contributed by atoms with Gasteiger partial charge in [0.1, 0.15) is 12.2 Å². The number of carbonyl (C=O) groups excluding carboxylic acids is 4. The molecule has 2 aliphatic rings. The smallest absolute Gasteiger partial charge is 0.338 e. The number of carbonyl (C=O) groups is 6. The molecule has 2 saturated carbocycles. The van der Waals surface area contributed by atoms with Gasteiger partial charge in [0.2, 0.25) is 0 Å². The van der Waals surface area contributed by atoms with Crippen LogP contribution in [0.1, 0.15) is 171 Å². The predicted molar refractivity (Wildman–Crippen MR) is 288 cm³/mol. The molecule has 75 heavy (non-hydrogen) atoms. The van der Waals surface area contributed by atoms with Crippen LogP contribution in [0.3, 0.4) is 0 Å². The summed E-state index contributed by atoms with van der Waals surface area (Å²) in [6.07, 6.45) is 20.9. The normalized spacial score (nSPS) is 15.3. The van der Waals surface area contributed by atoms with Gasteiger partial charge in [-0.25, -0.2) is 19.2 Å². The van der Waals surface area contributed by atoms with E-state index in [0.29, 0.717) is 85.0 Å². The zero-order chi connectivity index (χ0) is 53.5. The van der Waals surface area contributed by atoms with Crippen molar-refractivity contribution in [3.63, 3.8) is 0 Å². The summed E-state index contributed by atoms with van der Waals surface area (Å²) < 4.78 is 22.3. The molecule has 400 valence electrons.